The molecule has 1 aromatic rings. The average molecular weight is 285 g/mol. The normalized spacial score (nSPS) is 14.2. The van der Waals surface area contributed by atoms with Gasteiger partial charge in [-0.3, -0.25) is 0 Å². The van der Waals surface area contributed by atoms with Crippen LogP contribution in [0, 0.1) is 17.6 Å². The topological polar surface area (TPSA) is 21.3 Å². The number of hydrogen-bond acceptors (Lipinski definition) is 2. The van der Waals surface area contributed by atoms with Crippen LogP contribution in [-0.2, 0) is 4.74 Å². The van der Waals surface area contributed by atoms with Crippen LogP contribution in [0.2, 0.25) is 0 Å². The maximum Gasteiger partial charge on any atom is 0.129 e. The lowest BCUT2D eigenvalue weighted by Gasteiger charge is -2.25. The monoisotopic (exact) mass is 285 g/mol. The van der Waals surface area contributed by atoms with E-state index in [-0.39, 0.29) is 5.92 Å². The molecule has 2 atom stereocenters. The molecule has 0 spiro atoms. The van der Waals surface area contributed by atoms with Gasteiger partial charge in [0.15, 0.2) is 0 Å². The van der Waals surface area contributed by atoms with E-state index in [1.807, 2.05) is 0 Å². The second-order valence-corrected chi connectivity index (χ2v) is 5.24. The van der Waals surface area contributed by atoms with Crippen molar-refractivity contribution in [3.63, 3.8) is 0 Å². The van der Waals surface area contributed by atoms with E-state index in [2.05, 4.69) is 19.2 Å². The van der Waals surface area contributed by atoms with Crippen molar-refractivity contribution in [2.75, 3.05) is 26.8 Å². The lowest BCUT2D eigenvalue weighted by Crippen LogP contribution is -2.29. The second-order valence-electron chi connectivity index (χ2n) is 5.24. The molecule has 114 valence electrons. The minimum absolute atomic E-state index is 0.0485. The van der Waals surface area contributed by atoms with Gasteiger partial charge in [-0.2, -0.15) is 0 Å². The first-order valence-corrected chi connectivity index (χ1v) is 7.24. The molecule has 20 heavy (non-hydrogen) atoms. The first kappa shape index (κ1) is 17.1. The van der Waals surface area contributed by atoms with Crippen LogP contribution < -0.4 is 5.32 Å². The van der Waals surface area contributed by atoms with E-state index in [9.17, 15) is 8.78 Å². The predicted octanol–water partition coefficient (Wildman–Crippen LogP) is 3.72. The summed E-state index contributed by atoms with van der Waals surface area (Å²) < 4.78 is 32.0. The highest BCUT2D eigenvalue weighted by atomic mass is 19.1. The summed E-state index contributed by atoms with van der Waals surface area (Å²) in [5.41, 5.74) is 0.595. The molecule has 0 aliphatic rings. The molecule has 0 aromatic heterocycles. The third kappa shape index (κ3) is 5.17. The Kier molecular flexibility index (Phi) is 7.70. The molecular formula is C16H25F2NO. The van der Waals surface area contributed by atoms with Gasteiger partial charge in [0.2, 0.25) is 0 Å². The highest BCUT2D eigenvalue weighted by Crippen LogP contribution is 2.29. The Morgan fingerprint density at radius 3 is 2.65 bits per heavy atom. The molecule has 0 aliphatic heterocycles. The van der Waals surface area contributed by atoms with Crippen LogP contribution >= 0.6 is 0 Å². The van der Waals surface area contributed by atoms with Gasteiger partial charge >= 0.3 is 0 Å². The standard InChI is InChI=1S/C16H25F2NO/c1-4-5-12(2)15(11-19-8-9-20-3)14-7-6-13(17)10-16(14)18/h6-7,10,12,15,19H,4-5,8-9,11H2,1-3H3. The van der Waals surface area contributed by atoms with E-state index in [1.165, 1.54) is 6.07 Å². The van der Waals surface area contributed by atoms with E-state index in [1.54, 1.807) is 13.2 Å². The summed E-state index contributed by atoms with van der Waals surface area (Å²) in [7, 11) is 1.65. The number of ether oxygens (including phenoxy) is 1. The number of hydrogen-bond donors (Lipinski definition) is 1. The summed E-state index contributed by atoms with van der Waals surface area (Å²) in [6, 6.07) is 3.87. The number of halogens is 2. The Balaban J connectivity index is 2.79. The SMILES string of the molecule is CCCC(C)C(CNCCOC)c1ccc(F)cc1F. The summed E-state index contributed by atoms with van der Waals surface area (Å²) in [6.45, 7) is 6.27. The maximum atomic E-state index is 14.0. The van der Waals surface area contributed by atoms with Gasteiger partial charge in [-0.1, -0.05) is 32.8 Å². The first-order valence-electron chi connectivity index (χ1n) is 7.24. The first-order chi connectivity index (χ1) is 9.60. The van der Waals surface area contributed by atoms with Crippen molar-refractivity contribution in [3.05, 3.63) is 35.4 Å². The zero-order valence-corrected chi connectivity index (χ0v) is 12.6. The molecule has 0 heterocycles. The fourth-order valence-corrected chi connectivity index (χ4v) is 2.51. The highest BCUT2D eigenvalue weighted by Gasteiger charge is 2.21. The zero-order chi connectivity index (χ0) is 15.0. The van der Waals surface area contributed by atoms with E-state index >= 15 is 0 Å². The molecule has 1 rings (SSSR count). The van der Waals surface area contributed by atoms with Crippen LogP contribution in [0.25, 0.3) is 0 Å². The van der Waals surface area contributed by atoms with Crippen molar-refractivity contribution in [3.8, 4) is 0 Å². The number of rotatable bonds is 9. The van der Waals surface area contributed by atoms with Crippen LogP contribution in [0.4, 0.5) is 8.78 Å². The molecule has 0 saturated heterocycles. The Morgan fingerprint density at radius 2 is 2.05 bits per heavy atom. The van der Waals surface area contributed by atoms with Crippen molar-refractivity contribution in [2.45, 2.75) is 32.6 Å². The van der Waals surface area contributed by atoms with Crippen LogP contribution in [0.1, 0.15) is 38.2 Å². The smallest absolute Gasteiger partial charge is 0.129 e. The fraction of sp³-hybridized carbons (Fsp3) is 0.625. The fourth-order valence-electron chi connectivity index (χ4n) is 2.51. The van der Waals surface area contributed by atoms with Gasteiger partial charge in [0.05, 0.1) is 6.61 Å². The van der Waals surface area contributed by atoms with E-state index in [0.717, 1.165) is 25.5 Å². The Bertz CT molecular complexity index is 398. The van der Waals surface area contributed by atoms with Crippen molar-refractivity contribution in [1.82, 2.24) is 5.32 Å². The lowest BCUT2D eigenvalue weighted by atomic mass is 9.84. The molecule has 2 nitrogen and oxygen atoms in total. The summed E-state index contributed by atoms with van der Waals surface area (Å²) in [4.78, 5) is 0. The van der Waals surface area contributed by atoms with Gasteiger partial charge in [-0.05, 0) is 17.5 Å². The summed E-state index contributed by atoms with van der Waals surface area (Å²) in [5, 5.41) is 3.28. The van der Waals surface area contributed by atoms with Crippen molar-refractivity contribution >= 4 is 0 Å². The van der Waals surface area contributed by atoms with E-state index < -0.39 is 11.6 Å². The minimum Gasteiger partial charge on any atom is -0.383 e. The Morgan fingerprint density at radius 1 is 1.30 bits per heavy atom. The molecule has 0 saturated carbocycles. The van der Waals surface area contributed by atoms with Crippen LogP contribution in [0.5, 0.6) is 0 Å². The Hall–Kier alpha value is -1.00. The van der Waals surface area contributed by atoms with Gasteiger partial charge in [0.25, 0.3) is 0 Å². The highest BCUT2D eigenvalue weighted by molar-refractivity contribution is 5.23. The number of nitrogens with one attached hydrogen (secondary N) is 1. The van der Waals surface area contributed by atoms with Gasteiger partial charge in [0, 0.05) is 32.2 Å². The quantitative estimate of drug-likeness (QED) is 0.698. The summed E-state index contributed by atoms with van der Waals surface area (Å²) in [6.07, 6.45) is 2.08. The molecule has 2 unspecified atom stereocenters. The van der Waals surface area contributed by atoms with Gasteiger partial charge < -0.3 is 10.1 Å². The predicted molar refractivity (Wildman–Crippen MR) is 77.9 cm³/mol. The molecular weight excluding hydrogens is 260 g/mol. The van der Waals surface area contributed by atoms with Crippen LogP contribution in [0.15, 0.2) is 18.2 Å². The summed E-state index contributed by atoms with van der Waals surface area (Å²) in [5.74, 6) is -0.589. The minimum atomic E-state index is -0.527. The molecule has 0 amide bonds. The zero-order valence-electron chi connectivity index (χ0n) is 12.6. The van der Waals surface area contributed by atoms with Gasteiger partial charge in [-0.25, -0.2) is 8.78 Å². The van der Waals surface area contributed by atoms with E-state index in [0.29, 0.717) is 24.6 Å². The van der Waals surface area contributed by atoms with Crippen LogP contribution in [0.3, 0.4) is 0 Å². The molecule has 1 aromatic carbocycles. The third-order valence-electron chi connectivity index (χ3n) is 3.64. The van der Waals surface area contributed by atoms with Gasteiger partial charge in [0.1, 0.15) is 11.6 Å². The van der Waals surface area contributed by atoms with Crippen molar-refractivity contribution in [2.24, 2.45) is 5.92 Å². The molecule has 1 N–H and O–H groups in total. The van der Waals surface area contributed by atoms with Crippen LogP contribution in [-0.4, -0.2) is 26.8 Å². The van der Waals surface area contributed by atoms with Crippen molar-refractivity contribution in [1.29, 1.82) is 0 Å². The largest absolute Gasteiger partial charge is 0.383 e. The molecule has 0 fully saturated rings. The number of methoxy groups -OCH3 is 1. The Labute approximate surface area is 120 Å². The van der Waals surface area contributed by atoms with E-state index in [4.69, 9.17) is 4.74 Å². The molecule has 0 aliphatic carbocycles. The number of benzene rings is 1. The maximum absolute atomic E-state index is 14.0. The van der Waals surface area contributed by atoms with Crippen molar-refractivity contribution < 1.29 is 13.5 Å². The molecule has 4 heteroatoms. The van der Waals surface area contributed by atoms with Gasteiger partial charge in [-0.15, -0.1) is 0 Å². The second kappa shape index (κ2) is 9.03. The summed E-state index contributed by atoms with van der Waals surface area (Å²) >= 11 is 0. The average Bonchev–Trinajstić information content (AvgIpc) is 2.40. The lowest BCUT2D eigenvalue weighted by molar-refractivity contribution is 0.197. The molecule has 0 radical (unpaired) electrons. The molecule has 0 bridgehead atoms. The third-order valence-corrected chi connectivity index (χ3v) is 3.64.